The van der Waals surface area contributed by atoms with Gasteiger partial charge in [0, 0.05) is 35.8 Å². The molecular weight excluding hydrogens is 288 g/mol. The van der Waals surface area contributed by atoms with E-state index >= 15 is 0 Å². The van der Waals surface area contributed by atoms with Crippen LogP contribution in [0.1, 0.15) is 0 Å². The van der Waals surface area contributed by atoms with Crippen molar-refractivity contribution < 1.29 is 8.78 Å². The summed E-state index contributed by atoms with van der Waals surface area (Å²) in [6.45, 7) is 0. The van der Waals surface area contributed by atoms with E-state index in [-0.39, 0.29) is 5.52 Å². The highest BCUT2D eigenvalue weighted by Crippen LogP contribution is 2.27. The molecule has 0 N–H and O–H groups in total. The minimum Gasteiger partial charge on any atom is -0.262 e. The van der Waals surface area contributed by atoms with Crippen LogP contribution in [0, 0.1) is 11.6 Å². The maximum absolute atomic E-state index is 14.1. The summed E-state index contributed by atoms with van der Waals surface area (Å²) in [6.07, 6.45) is 9.32. The highest BCUT2D eigenvalue weighted by atomic mass is 19.1. The summed E-state index contributed by atoms with van der Waals surface area (Å²) < 4.78 is 30.1. The third kappa shape index (κ3) is 1.95. The van der Waals surface area contributed by atoms with E-state index in [0.29, 0.717) is 11.1 Å². The number of fused-ring (bicyclic) bond motifs is 1. The summed E-state index contributed by atoms with van der Waals surface area (Å²) in [5, 5.41) is 8.13. The van der Waals surface area contributed by atoms with Crippen LogP contribution in [0.4, 0.5) is 8.78 Å². The first-order valence-corrected chi connectivity index (χ1v) is 6.50. The van der Waals surface area contributed by atoms with Gasteiger partial charge in [-0.2, -0.15) is 10.2 Å². The third-order valence-electron chi connectivity index (χ3n) is 3.34. The quantitative estimate of drug-likeness (QED) is 0.571. The Kier molecular flexibility index (Phi) is 2.72. The van der Waals surface area contributed by atoms with Gasteiger partial charge in [0.25, 0.3) is 0 Å². The van der Waals surface area contributed by atoms with Crippen LogP contribution in [0.15, 0.2) is 55.4 Å². The molecule has 7 heteroatoms. The molecular formula is C15H9F2N5. The van der Waals surface area contributed by atoms with E-state index in [2.05, 4.69) is 15.2 Å². The first kappa shape index (κ1) is 12.6. The summed E-state index contributed by atoms with van der Waals surface area (Å²) in [6, 6.07) is 4.45. The lowest BCUT2D eigenvalue weighted by Crippen LogP contribution is -1.96. The summed E-state index contributed by atoms with van der Waals surface area (Å²) in [5.74, 6) is -1.35. The molecule has 0 aromatic carbocycles. The molecule has 0 bridgehead atoms. The molecule has 0 spiro atoms. The molecule has 0 radical (unpaired) electrons. The van der Waals surface area contributed by atoms with Crippen LogP contribution in [0.3, 0.4) is 0 Å². The lowest BCUT2D eigenvalue weighted by molar-refractivity contribution is 0.573. The van der Waals surface area contributed by atoms with Crippen LogP contribution in [0.5, 0.6) is 0 Å². The lowest BCUT2D eigenvalue weighted by atomic mass is 10.1. The van der Waals surface area contributed by atoms with Gasteiger partial charge in [-0.05, 0) is 12.1 Å². The van der Waals surface area contributed by atoms with Gasteiger partial charge in [0.1, 0.15) is 11.3 Å². The normalized spacial score (nSPS) is 11.2. The van der Waals surface area contributed by atoms with E-state index in [4.69, 9.17) is 0 Å². The van der Waals surface area contributed by atoms with Gasteiger partial charge in [-0.25, -0.2) is 18.0 Å². The van der Waals surface area contributed by atoms with E-state index in [1.54, 1.807) is 35.5 Å². The van der Waals surface area contributed by atoms with Crippen LogP contribution in [0.25, 0.3) is 22.3 Å². The molecule has 0 aliphatic carbocycles. The van der Waals surface area contributed by atoms with E-state index in [9.17, 15) is 8.78 Å². The van der Waals surface area contributed by atoms with E-state index in [1.807, 2.05) is 6.07 Å². The van der Waals surface area contributed by atoms with E-state index in [0.717, 1.165) is 18.0 Å². The van der Waals surface area contributed by atoms with Crippen molar-refractivity contribution in [2.24, 2.45) is 0 Å². The van der Waals surface area contributed by atoms with Crippen molar-refractivity contribution in [2.75, 3.05) is 0 Å². The molecule has 4 aromatic heterocycles. The number of hydrogen-bond donors (Lipinski definition) is 0. The molecule has 22 heavy (non-hydrogen) atoms. The highest BCUT2D eigenvalue weighted by molar-refractivity contribution is 5.80. The SMILES string of the molecule is Fc1cc(F)c2c(-c3cncc(-n4cccn4)c3)cnn2c1. The van der Waals surface area contributed by atoms with Crippen molar-refractivity contribution in [3.05, 3.63) is 67.0 Å². The highest BCUT2D eigenvalue weighted by Gasteiger charge is 2.13. The molecule has 0 aliphatic rings. The molecule has 0 saturated heterocycles. The van der Waals surface area contributed by atoms with Gasteiger partial charge in [-0.3, -0.25) is 4.98 Å². The van der Waals surface area contributed by atoms with Crippen molar-refractivity contribution >= 4 is 5.52 Å². The second-order valence-corrected chi connectivity index (χ2v) is 4.74. The van der Waals surface area contributed by atoms with Crippen molar-refractivity contribution in [1.82, 2.24) is 24.4 Å². The zero-order valence-corrected chi connectivity index (χ0v) is 11.2. The topological polar surface area (TPSA) is 48.0 Å². The molecule has 0 saturated carbocycles. The maximum atomic E-state index is 14.1. The summed E-state index contributed by atoms with van der Waals surface area (Å²) in [7, 11) is 0. The Hall–Kier alpha value is -3.09. The molecule has 4 heterocycles. The van der Waals surface area contributed by atoms with Crippen molar-refractivity contribution in [2.45, 2.75) is 0 Å². The number of hydrogen-bond acceptors (Lipinski definition) is 3. The molecule has 4 aromatic rings. The van der Waals surface area contributed by atoms with Gasteiger partial charge in [0.05, 0.1) is 24.3 Å². The molecule has 5 nitrogen and oxygen atoms in total. The predicted octanol–water partition coefficient (Wildman–Crippen LogP) is 2.86. The molecule has 108 valence electrons. The number of pyridine rings is 2. The first-order valence-electron chi connectivity index (χ1n) is 6.50. The molecule has 0 aliphatic heterocycles. The maximum Gasteiger partial charge on any atom is 0.152 e. The second-order valence-electron chi connectivity index (χ2n) is 4.74. The van der Waals surface area contributed by atoms with E-state index in [1.165, 1.54) is 10.7 Å². The Balaban J connectivity index is 1.91. The van der Waals surface area contributed by atoms with Crippen LogP contribution < -0.4 is 0 Å². The van der Waals surface area contributed by atoms with Crippen molar-refractivity contribution in [3.63, 3.8) is 0 Å². The number of nitrogens with zero attached hydrogens (tertiary/aromatic N) is 5. The third-order valence-corrected chi connectivity index (χ3v) is 3.34. The van der Waals surface area contributed by atoms with Crippen LogP contribution >= 0.6 is 0 Å². The Labute approximate surface area is 123 Å². The Morgan fingerprint density at radius 3 is 2.73 bits per heavy atom. The fourth-order valence-electron chi connectivity index (χ4n) is 2.37. The Bertz CT molecular complexity index is 959. The molecule has 0 unspecified atom stereocenters. The van der Waals surface area contributed by atoms with Gasteiger partial charge in [-0.15, -0.1) is 0 Å². The second kappa shape index (κ2) is 4.73. The minimum absolute atomic E-state index is 0.209. The smallest absolute Gasteiger partial charge is 0.152 e. The summed E-state index contributed by atoms with van der Waals surface area (Å²) in [4.78, 5) is 4.16. The zero-order valence-electron chi connectivity index (χ0n) is 11.2. The monoisotopic (exact) mass is 297 g/mol. The Morgan fingerprint density at radius 2 is 1.91 bits per heavy atom. The van der Waals surface area contributed by atoms with Gasteiger partial charge < -0.3 is 0 Å². The summed E-state index contributed by atoms with van der Waals surface area (Å²) >= 11 is 0. The van der Waals surface area contributed by atoms with Gasteiger partial charge >= 0.3 is 0 Å². The van der Waals surface area contributed by atoms with E-state index < -0.39 is 11.6 Å². The summed E-state index contributed by atoms with van der Waals surface area (Å²) in [5.41, 5.74) is 2.16. The van der Waals surface area contributed by atoms with Gasteiger partial charge in [0.2, 0.25) is 0 Å². The average molecular weight is 297 g/mol. The standard InChI is InChI=1S/C15H9F2N5/c16-11-5-14(17)15-13(8-20-22(15)9-11)10-4-12(7-18-6-10)21-3-1-2-19-21/h1-9H. The lowest BCUT2D eigenvalue weighted by Gasteiger charge is -2.04. The fraction of sp³-hybridized carbons (Fsp3) is 0. The van der Waals surface area contributed by atoms with Crippen LogP contribution in [-0.4, -0.2) is 24.4 Å². The number of rotatable bonds is 2. The first-order chi connectivity index (χ1) is 10.7. The zero-order chi connectivity index (χ0) is 15.1. The minimum atomic E-state index is -0.678. The number of aromatic nitrogens is 5. The average Bonchev–Trinajstić information content (AvgIpc) is 3.16. The number of halogens is 2. The van der Waals surface area contributed by atoms with Gasteiger partial charge in [0.15, 0.2) is 5.82 Å². The van der Waals surface area contributed by atoms with Crippen LogP contribution in [0.2, 0.25) is 0 Å². The molecule has 4 rings (SSSR count). The van der Waals surface area contributed by atoms with Crippen molar-refractivity contribution in [1.29, 1.82) is 0 Å². The molecule has 0 amide bonds. The predicted molar refractivity (Wildman–Crippen MR) is 75.5 cm³/mol. The van der Waals surface area contributed by atoms with Crippen LogP contribution in [-0.2, 0) is 0 Å². The fourth-order valence-corrected chi connectivity index (χ4v) is 2.37. The van der Waals surface area contributed by atoms with Gasteiger partial charge in [-0.1, -0.05) is 0 Å². The Morgan fingerprint density at radius 1 is 1.00 bits per heavy atom. The molecule has 0 atom stereocenters. The molecule has 0 fully saturated rings. The largest absolute Gasteiger partial charge is 0.262 e. The van der Waals surface area contributed by atoms with Crippen molar-refractivity contribution in [3.8, 4) is 16.8 Å².